The van der Waals surface area contributed by atoms with Gasteiger partial charge in [0.05, 0.1) is 22.3 Å². The van der Waals surface area contributed by atoms with Gasteiger partial charge in [-0.15, -0.1) is 0 Å². The molecule has 1 heterocycles. The molecule has 0 saturated heterocycles. The number of esters is 1. The van der Waals surface area contributed by atoms with Gasteiger partial charge in [0.2, 0.25) is 11.1 Å². The van der Waals surface area contributed by atoms with Crippen LogP contribution in [-0.4, -0.2) is 22.4 Å². The number of aromatic nitrogens is 2. The summed E-state index contributed by atoms with van der Waals surface area (Å²) in [5, 5.41) is 3.47. The zero-order chi connectivity index (χ0) is 15.6. The maximum Gasteiger partial charge on any atom is 0.362 e. The van der Waals surface area contributed by atoms with Gasteiger partial charge in [-0.05, 0) is 19.1 Å². The second kappa shape index (κ2) is 6.24. The Morgan fingerprint density at radius 3 is 2.57 bits per heavy atom. The number of halogens is 3. The summed E-state index contributed by atoms with van der Waals surface area (Å²) in [7, 11) is 0. The third-order valence-corrected chi connectivity index (χ3v) is 3.06. The molecule has 1 aromatic heterocycles. The number of hydrogen-bond donors (Lipinski definition) is 0. The summed E-state index contributed by atoms with van der Waals surface area (Å²) in [4.78, 5) is 23.2. The van der Waals surface area contributed by atoms with E-state index in [-0.39, 0.29) is 22.3 Å². The lowest BCUT2D eigenvalue weighted by molar-refractivity contribution is 0.0515. The van der Waals surface area contributed by atoms with Crippen LogP contribution in [0.1, 0.15) is 17.4 Å². The third kappa shape index (κ3) is 3.22. The summed E-state index contributed by atoms with van der Waals surface area (Å²) < 4.78 is 19.3. The number of carbonyl (C=O) groups excluding carboxylic acids is 1. The molecule has 0 saturated carbocycles. The predicted molar refractivity (Wildman–Crippen MR) is 75.8 cm³/mol. The average molecular weight is 331 g/mol. The highest BCUT2D eigenvalue weighted by molar-refractivity contribution is 6.35. The van der Waals surface area contributed by atoms with Crippen LogP contribution in [0.5, 0.6) is 0 Å². The maximum absolute atomic E-state index is 13.4. The van der Waals surface area contributed by atoms with Gasteiger partial charge in [-0.1, -0.05) is 23.2 Å². The van der Waals surface area contributed by atoms with Crippen molar-refractivity contribution >= 4 is 29.2 Å². The molecule has 2 aromatic rings. The Labute approximate surface area is 128 Å². The second-order valence-electron chi connectivity index (χ2n) is 3.92. The van der Waals surface area contributed by atoms with Crippen molar-refractivity contribution in [3.05, 3.63) is 56.2 Å². The van der Waals surface area contributed by atoms with Crippen molar-refractivity contribution in [3.8, 4) is 5.69 Å². The normalized spacial score (nSPS) is 10.5. The summed E-state index contributed by atoms with van der Waals surface area (Å²) >= 11 is 11.4. The molecule has 0 bridgehead atoms. The van der Waals surface area contributed by atoms with Gasteiger partial charge in [0, 0.05) is 12.3 Å². The number of ether oxygens (including phenoxy) is 1. The molecule has 0 aliphatic heterocycles. The van der Waals surface area contributed by atoms with E-state index < -0.39 is 17.2 Å². The van der Waals surface area contributed by atoms with Crippen LogP contribution in [0.2, 0.25) is 10.0 Å². The molecular weight excluding hydrogens is 322 g/mol. The van der Waals surface area contributed by atoms with E-state index in [2.05, 4.69) is 5.10 Å². The fourth-order valence-electron chi connectivity index (χ4n) is 1.57. The molecule has 1 aromatic carbocycles. The molecular formula is C13H9Cl2FN2O3. The molecule has 0 amide bonds. The third-order valence-electron chi connectivity index (χ3n) is 2.51. The molecule has 0 atom stereocenters. The standard InChI is InChI=1S/C13H9Cl2FN2O3/c1-2-21-13(20)12-10(19)3-4-18(17-12)7-5-8(14)11(16)9(15)6-7/h3-6H,2H2,1H3. The number of benzene rings is 1. The zero-order valence-electron chi connectivity index (χ0n) is 10.8. The summed E-state index contributed by atoms with van der Waals surface area (Å²) in [5.41, 5.74) is -0.656. The van der Waals surface area contributed by atoms with E-state index in [1.54, 1.807) is 6.92 Å². The van der Waals surface area contributed by atoms with Gasteiger partial charge in [-0.3, -0.25) is 4.79 Å². The van der Waals surface area contributed by atoms with E-state index in [0.717, 1.165) is 6.07 Å². The Hall–Kier alpha value is -1.92. The molecule has 0 N–H and O–H groups in total. The Kier molecular flexibility index (Phi) is 4.59. The summed E-state index contributed by atoms with van der Waals surface area (Å²) in [5.74, 6) is -1.59. The second-order valence-corrected chi connectivity index (χ2v) is 4.73. The monoisotopic (exact) mass is 330 g/mol. The van der Waals surface area contributed by atoms with Gasteiger partial charge < -0.3 is 4.74 Å². The lowest BCUT2D eigenvalue weighted by Gasteiger charge is -2.08. The van der Waals surface area contributed by atoms with Crippen molar-refractivity contribution in [2.24, 2.45) is 0 Å². The van der Waals surface area contributed by atoms with E-state index in [1.165, 1.54) is 23.0 Å². The van der Waals surface area contributed by atoms with E-state index >= 15 is 0 Å². The van der Waals surface area contributed by atoms with E-state index in [9.17, 15) is 14.0 Å². The number of nitrogens with zero attached hydrogens (tertiary/aromatic N) is 2. The Morgan fingerprint density at radius 2 is 2.00 bits per heavy atom. The van der Waals surface area contributed by atoms with Crippen LogP contribution in [-0.2, 0) is 4.74 Å². The van der Waals surface area contributed by atoms with Gasteiger partial charge in [0.15, 0.2) is 5.82 Å². The predicted octanol–water partition coefficient (Wildman–Crippen LogP) is 2.86. The first kappa shape index (κ1) is 15.5. The number of rotatable bonds is 3. The number of carbonyl (C=O) groups is 1. The highest BCUT2D eigenvalue weighted by atomic mass is 35.5. The first-order valence-electron chi connectivity index (χ1n) is 5.86. The molecule has 0 fully saturated rings. The fourth-order valence-corrected chi connectivity index (χ4v) is 2.04. The lowest BCUT2D eigenvalue weighted by atomic mass is 10.3. The van der Waals surface area contributed by atoms with Crippen molar-refractivity contribution in [3.63, 3.8) is 0 Å². The summed E-state index contributed by atoms with van der Waals surface area (Å²) in [6.07, 6.45) is 1.31. The van der Waals surface area contributed by atoms with Crippen LogP contribution in [0.4, 0.5) is 4.39 Å². The molecule has 0 aliphatic carbocycles. The lowest BCUT2D eigenvalue weighted by Crippen LogP contribution is -2.22. The maximum atomic E-state index is 13.4. The fraction of sp³-hybridized carbons (Fsp3) is 0.154. The van der Waals surface area contributed by atoms with Gasteiger partial charge in [-0.2, -0.15) is 5.10 Å². The average Bonchev–Trinajstić information content (AvgIpc) is 2.45. The molecule has 0 radical (unpaired) electrons. The SMILES string of the molecule is CCOC(=O)c1nn(-c2cc(Cl)c(F)c(Cl)c2)ccc1=O. The van der Waals surface area contributed by atoms with Crippen LogP contribution in [0.3, 0.4) is 0 Å². The minimum absolute atomic E-state index is 0.114. The number of hydrogen-bond acceptors (Lipinski definition) is 4. The van der Waals surface area contributed by atoms with Crippen LogP contribution < -0.4 is 5.43 Å². The van der Waals surface area contributed by atoms with E-state index in [4.69, 9.17) is 27.9 Å². The summed E-state index contributed by atoms with van der Waals surface area (Å²) in [6.45, 7) is 1.72. The topological polar surface area (TPSA) is 61.2 Å². The van der Waals surface area contributed by atoms with Gasteiger partial charge in [0.1, 0.15) is 0 Å². The molecule has 8 heteroatoms. The minimum Gasteiger partial charge on any atom is -0.461 e. The summed E-state index contributed by atoms with van der Waals surface area (Å²) in [6, 6.07) is 3.69. The molecule has 0 spiro atoms. The smallest absolute Gasteiger partial charge is 0.362 e. The molecule has 5 nitrogen and oxygen atoms in total. The van der Waals surface area contributed by atoms with Gasteiger partial charge >= 0.3 is 5.97 Å². The van der Waals surface area contributed by atoms with Crippen LogP contribution in [0.15, 0.2) is 29.2 Å². The van der Waals surface area contributed by atoms with Crippen LogP contribution in [0.25, 0.3) is 5.69 Å². The first-order valence-corrected chi connectivity index (χ1v) is 6.61. The van der Waals surface area contributed by atoms with Crippen molar-refractivity contribution in [1.82, 2.24) is 9.78 Å². The Balaban J connectivity index is 2.53. The first-order chi connectivity index (χ1) is 9.93. The van der Waals surface area contributed by atoms with E-state index in [0.29, 0.717) is 5.69 Å². The Morgan fingerprint density at radius 1 is 1.38 bits per heavy atom. The largest absolute Gasteiger partial charge is 0.461 e. The van der Waals surface area contributed by atoms with Crippen molar-refractivity contribution in [2.75, 3.05) is 6.61 Å². The molecule has 0 unspecified atom stereocenters. The molecule has 2 rings (SSSR count). The van der Waals surface area contributed by atoms with E-state index in [1.807, 2.05) is 0 Å². The van der Waals surface area contributed by atoms with Gasteiger partial charge in [0.25, 0.3) is 0 Å². The Bertz CT molecular complexity index is 738. The van der Waals surface area contributed by atoms with Crippen molar-refractivity contribution < 1.29 is 13.9 Å². The molecule has 0 aliphatic rings. The van der Waals surface area contributed by atoms with Gasteiger partial charge in [-0.25, -0.2) is 13.9 Å². The van der Waals surface area contributed by atoms with Crippen LogP contribution >= 0.6 is 23.2 Å². The minimum atomic E-state index is -0.837. The quantitative estimate of drug-likeness (QED) is 0.641. The van der Waals surface area contributed by atoms with Crippen LogP contribution in [0, 0.1) is 5.82 Å². The van der Waals surface area contributed by atoms with Crippen molar-refractivity contribution in [1.29, 1.82) is 0 Å². The highest BCUT2D eigenvalue weighted by Crippen LogP contribution is 2.26. The molecule has 21 heavy (non-hydrogen) atoms. The molecule has 110 valence electrons. The van der Waals surface area contributed by atoms with Crippen molar-refractivity contribution in [2.45, 2.75) is 6.92 Å². The highest BCUT2D eigenvalue weighted by Gasteiger charge is 2.15. The zero-order valence-corrected chi connectivity index (χ0v) is 12.3.